The second kappa shape index (κ2) is 7.61. The standard InChI is InChI=1S/C21H24N4O3S/c1-5-28-21(27)17-14-7-8-24(4)11-15(14)29-20(17)23-19(26)18-13(3)22-16-10-12(2)6-9-25(16)18/h6,9-10H,5,7-8,11H2,1-4H3,(H,23,26). The third-order valence-corrected chi connectivity index (χ3v) is 6.26. The molecule has 1 aliphatic heterocycles. The van der Waals surface area contributed by atoms with Crippen LogP contribution in [0.4, 0.5) is 5.00 Å². The van der Waals surface area contributed by atoms with E-state index in [9.17, 15) is 9.59 Å². The number of ether oxygens (including phenoxy) is 1. The molecule has 0 aliphatic carbocycles. The lowest BCUT2D eigenvalue weighted by atomic mass is 10.0. The number of carbonyl (C=O) groups is 2. The van der Waals surface area contributed by atoms with Gasteiger partial charge in [-0.2, -0.15) is 0 Å². The van der Waals surface area contributed by atoms with Gasteiger partial charge in [-0.1, -0.05) is 0 Å². The summed E-state index contributed by atoms with van der Waals surface area (Å²) in [6, 6.07) is 3.88. The maximum Gasteiger partial charge on any atom is 0.341 e. The number of thiophene rings is 1. The molecule has 0 radical (unpaired) electrons. The summed E-state index contributed by atoms with van der Waals surface area (Å²) in [7, 11) is 2.05. The first-order valence-electron chi connectivity index (χ1n) is 9.66. The van der Waals surface area contributed by atoms with Crippen molar-refractivity contribution in [3.63, 3.8) is 0 Å². The molecular formula is C21H24N4O3S. The highest BCUT2D eigenvalue weighted by Crippen LogP contribution is 2.37. The number of anilines is 1. The average Bonchev–Trinajstić information content (AvgIpc) is 3.17. The van der Waals surface area contributed by atoms with Crippen LogP contribution in [0.1, 0.15) is 49.5 Å². The van der Waals surface area contributed by atoms with Crippen LogP contribution in [0.25, 0.3) is 5.65 Å². The van der Waals surface area contributed by atoms with Crippen molar-refractivity contribution in [2.24, 2.45) is 0 Å². The molecule has 4 rings (SSSR count). The van der Waals surface area contributed by atoms with Gasteiger partial charge in [0.15, 0.2) is 0 Å². The van der Waals surface area contributed by atoms with Crippen LogP contribution in [0.5, 0.6) is 0 Å². The van der Waals surface area contributed by atoms with Gasteiger partial charge in [0.2, 0.25) is 0 Å². The van der Waals surface area contributed by atoms with Crippen LogP contribution in [-0.2, 0) is 17.7 Å². The van der Waals surface area contributed by atoms with Crippen molar-refractivity contribution in [1.29, 1.82) is 0 Å². The number of hydrogen-bond donors (Lipinski definition) is 1. The first kappa shape index (κ1) is 19.6. The Balaban J connectivity index is 1.73. The summed E-state index contributed by atoms with van der Waals surface area (Å²) in [5.41, 5.74) is 4.41. The number of esters is 1. The van der Waals surface area contributed by atoms with E-state index in [0.717, 1.165) is 41.2 Å². The van der Waals surface area contributed by atoms with Gasteiger partial charge in [-0.25, -0.2) is 9.78 Å². The van der Waals surface area contributed by atoms with Crippen LogP contribution < -0.4 is 5.32 Å². The van der Waals surface area contributed by atoms with Gasteiger partial charge < -0.3 is 15.0 Å². The predicted molar refractivity (Wildman–Crippen MR) is 113 cm³/mol. The van der Waals surface area contributed by atoms with E-state index in [1.165, 1.54) is 11.3 Å². The molecule has 0 atom stereocenters. The fraction of sp³-hybridized carbons (Fsp3) is 0.381. The van der Waals surface area contributed by atoms with Crippen molar-refractivity contribution in [2.75, 3.05) is 25.5 Å². The van der Waals surface area contributed by atoms with Gasteiger partial charge in [0.05, 0.1) is 17.9 Å². The zero-order chi connectivity index (χ0) is 20.7. The van der Waals surface area contributed by atoms with Gasteiger partial charge in [0, 0.05) is 24.2 Å². The number of rotatable bonds is 4. The van der Waals surface area contributed by atoms with E-state index in [1.807, 2.05) is 32.2 Å². The number of aromatic nitrogens is 2. The van der Waals surface area contributed by atoms with Crippen LogP contribution in [0.2, 0.25) is 0 Å². The Morgan fingerprint density at radius 3 is 2.90 bits per heavy atom. The second-order valence-corrected chi connectivity index (χ2v) is 8.45. The minimum atomic E-state index is -0.379. The molecule has 29 heavy (non-hydrogen) atoms. The molecule has 3 aromatic heterocycles. The summed E-state index contributed by atoms with van der Waals surface area (Å²) in [4.78, 5) is 33.7. The SMILES string of the molecule is CCOC(=O)c1c(NC(=O)c2c(C)nc3cc(C)ccn23)sc2c1CCN(C)C2. The smallest absolute Gasteiger partial charge is 0.341 e. The number of likely N-dealkylation sites (N-methyl/N-ethyl adjacent to an activating group) is 1. The molecule has 8 heteroatoms. The minimum Gasteiger partial charge on any atom is -0.462 e. The third kappa shape index (κ3) is 3.54. The van der Waals surface area contributed by atoms with Gasteiger partial charge in [0.25, 0.3) is 5.91 Å². The number of fused-ring (bicyclic) bond motifs is 2. The molecule has 7 nitrogen and oxygen atoms in total. The van der Waals surface area contributed by atoms with Gasteiger partial charge in [-0.3, -0.25) is 9.20 Å². The largest absolute Gasteiger partial charge is 0.462 e. The van der Waals surface area contributed by atoms with Crippen molar-refractivity contribution in [3.8, 4) is 0 Å². The minimum absolute atomic E-state index is 0.281. The Bertz CT molecular complexity index is 1120. The van der Waals surface area contributed by atoms with E-state index in [0.29, 0.717) is 28.6 Å². The number of nitrogens with zero attached hydrogens (tertiary/aromatic N) is 3. The van der Waals surface area contributed by atoms with Gasteiger partial charge in [-0.15, -0.1) is 11.3 Å². The summed E-state index contributed by atoms with van der Waals surface area (Å²) in [5, 5.41) is 3.52. The lowest BCUT2D eigenvalue weighted by Gasteiger charge is -2.22. The van der Waals surface area contributed by atoms with Crippen LogP contribution in [0.15, 0.2) is 18.3 Å². The Kier molecular flexibility index (Phi) is 5.14. The number of pyridine rings is 1. The molecule has 0 saturated carbocycles. The van der Waals surface area contributed by atoms with E-state index in [4.69, 9.17) is 4.74 Å². The first-order valence-corrected chi connectivity index (χ1v) is 10.5. The van der Waals surface area contributed by atoms with Crippen LogP contribution in [0, 0.1) is 13.8 Å². The molecule has 152 valence electrons. The highest BCUT2D eigenvalue weighted by Gasteiger charge is 2.29. The lowest BCUT2D eigenvalue weighted by molar-refractivity contribution is 0.0526. The number of imidazole rings is 1. The molecule has 0 fully saturated rings. The number of amides is 1. The van der Waals surface area contributed by atoms with Gasteiger partial charge in [-0.05, 0) is 57.5 Å². The predicted octanol–water partition coefficient (Wildman–Crippen LogP) is 3.43. The normalized spacial score (nSPS) is 14.1. The molecule has 4 heterocycles. The molecule has 1 N–H and O–H groups in total. The second-order valence-electron chi connectivity index (χ2n) is 7.35. The zero-order valence-corrected chi connectivity index (χ0v) is 17.9. The number of aryl methyl sites for hydroxylation is 2. The molecule has 1 amide bonds. The van der Waals surface area contributed by atoms with Crippen molar-refractivity contribution in [1.82, 2.24) is 14.3 Å². The van der Waals surface area contributed by atoms with E-state index in [-0.39, 0.29) is 11.9 Å². The van der Waals surface area contributed by atoms with Gasteiger partial charge >= 0.3 is 5.97 Å². The highest BCUT2D eigenvalue weighted by atomic mass is 32.1. The van der Waals surface area contributed by atoms with Crippen molar-refractivity contribution < 1.29 is 14.3 Å². The topological polar surface area (TPSA) is 75.9 Å². The fourth-order valence-corrected chi connectivity index (χ4v) is 5.05. The Hall–Kier alpha value is -2.71. The lowest BCUT2D eigenvalue weighted by Crippen LogP contribution is -2.26. The Morgan fingerprint density at radius 1 is 1.34 bits per heavy atom. The molecule has 0 saturated heterocycles. The quantitative estimate of drug-likeness (QED) is 0.665. The van der Waals surface area contributed by atoms with E-state index < -0.39 is 0 Å². The summed E-state index contributed by atoms with van der Waals surface area (Å²) < 4.78 is 7.07. The van der Waals surface area contributed by atoms with Crippen molar-refractivity contribution in [3.05, 3.63) is 51.3 Å². The fourth-order valence-electron chi connectivity index (χ4n) is 3.74. The monoisotopic (exact) mass is 412 g/mol. The van der Waals surface area contributed by atoms with E-state index >= 15 is 0 Å². The summed E-state index contributed by atoms with van der Waals surface area (Å²) in [6.07, 6.45) is 2.61. The van der Waals surface area contributed by atoms with Crippen molar-refractivity contribution >= 4 is 33.9 Å². The van der Waals surface area contributed by atoms with E-state index in [1.54, 1.807) is 11.3 Å². The van der Waals surface area contributed by atoms with Gasteiger partial charge in [0.1, 0.15) is 16.3 Å². The van der Waals surface area contributed by atoms with E-state index in [2.05, 4.69) is 22.2 Å². The zero-order valence-electron chi connectivity index (χ0n) is 17.0. The van der Waals surface area contributed by atoms with Crippen molar-refractivity contribution in [2.45, 2.75) is 33.7 Å². The maximum atomic E-state index is 13.2. The number of hydrogen-bond acceptors (Lipinski definition) is 6. The third-order valence-electron chi connectivity index (χ3n) is 5.13. The van der Waals surface area contributed by atoms with Crippen LogP contribution in [-0.4, -0.2) is 46.4 Å². The molecule has 0 spiro atoms. The summed E-state index contributed by atoms with van der Waals surface area (Å²) in [6.45, 7) is 7.51. The number of nitrogens with one attached hydrogen (secondary N) is 1. The summed E-state index contributed by atoms with van der Waals surface area (Å²) >= 11 is 1.46. The molecule has 0 aromatic carbocycles. The Morgan fingerprint density at radius 2 is 2.14 bits per heavy atom. The van der Waals surface area contributed by atoms with Crippen LogP contribution in [0.3, 0.4) is 0 Å². The maximum absolute atomic E-state index is 13.2. The van der Waals surface area contributed by atoms with Crippen LogP contribution >= 0.6 is 11.3 Å². The molecule has 0 bridgehead atoms. The highest BCUT2D eigenvalue weighted by molar-refractivity contribution is 7.17. The average molecular weight is 413 g/mol. The molecule has 3 aromatic rings. The molecule has 1 aliphatic rings. The number of carbonyl (C=O) groups excluding carboxylic acids is 2. The Labute approximate surface area is 173 Å². The summed E-state index contributed by atoms with van der Waals surface area (Å²) in [5.74, 6) is -0.660. The first-order chi connectivity index (χ1) is 13.9. The molecular weight excluding hydrogens is 388 g/mol. The molecule has 0 unspecified atom stereocenters.